The summed E-state index contributed by atoms with van der Waals surface area (Å²) in [5.41, 5.74) is 0.139. The van der Waals surface area contributed by atoms with Crippen molar-refractivity contribution >= 4 is 31.5 Å². The van der Waals surface area contributed by atoms with Crippen LogP contribution in [0.4, 0.5) is 0 Å². The summed E-state index contributed by atoms with van der Waals surface area (Å²) in [6, 6.07) is 15.5. The maximum absolute atomic E-state index is 12.1. The van der Waals surface area contributed by atoms with Gasteiger partial charge in [-0.1, -0.05) is 65.8 Å². The molecule has 0 radical (unpaired) electrons. The Hall–Kier alpha value is -1.67. The Morgan fingerprint density at radius 1 is 0.619 bits per heavy atom. The molecule has 0 saturated carbocycles. The van der Waals surface area contributed by atoms with Gasteiger partial charge in [-0.3, -0.25) is 4.79 Å². The molecule has 0 aliphatic rings. The summed E-state index contributed by atoms with van der Waals surface area (Å²) in [7, 11) is 0. The minimum Gasteiger partial charge on any atom is -0.289 e. The summed E-state index contributed by atoms with van der Waals surface area (Å²) < 4.78 is 2.11. The molecule has 21 heavy (non-hydrogen) atoms. The van der Waals surface area contributed by atoms with E-state index in [0.717, 1.165) is 20.2 Å². The zero-order valence-corrected chi connectivity index (χ0v) is 14.8. The third kappa shape index (κ3) is 4.68. The number of hydrogen-bond donors (Lipinski definition) is 0. The van der Waals surface area contributed by atoms with E-state index in [1.54, 1.807) is 11.3 Å². The van der Waals surface area contributed by atoms with Crippen LogP contribution >= 0.6 is 11.3 Å². The molecule has 0 amide bonds. The Balaban J connectivity index is 0.000000598. The second-order valence-corrected chi connectivity index (χ2v) is 4.51. The van der Waals surface area contributed by atoms with Crippen molar-refractivity contribution in [2.24, 2.45) is 0 Å². The molecule has 114 valence electrons. The van der Waals surface area contributed by atoms with Gasteiger partial charge >= 0.3 is 0 Å². The molecule has 1 heterocycles. The Kier molecular flexibility index (Phi) is 10.2. The van der Waals surface area contributed by atoms with Gasteiger partial charge in [0.25, 0.3) is 0 Å². The van der Waals surface area contributed by atoms with Crippen LogP contribution in [0.2, 0.25) is 0 Å². The number of benzene rings is 2. The van der Waals surface area contributed by atoms with Gasteiger partial charge in [-0.2, -0.15) is 0 Å². The first-order chi connectivity index (χ1) is 10.4. The van der Waals surface area contributed by atoms with Gasteiger partial charge in [-0.05, 0) is 24.3 Å². The van der Waals surface area contributed by atoms with E-state index in [4.69, 9.17) is 0 Å². The summed E-state index contributed by atoms with van der Waals surface area (Å²) in [6.07, 6.45) is 0. The molecule has 0 fully saturated rings. The molecule has 2 heteroatoms. The SMILES string of the molecule is CC.CC.CC.O=c1c2ccccc2sc2ccccc12. The predicted molar refractivity (Wildman–Crippen MR) is 99.6 cm³/mol. The van der Waals surface area contributed by atoms with E-state index in [0.29, 0.717) is 0 Å². The molecule has 0 spiro atoms. The highest BCUT2D eigenvalue weighted by molar-refractivity contribution is 7.24. The fourth-order valence-corrected chi connectivity index (χ4v) is 2.82. The van der Waals surface area contributed by atoms with E-state index in [1.807, 2.05) is 90.1 Å². The molecule has 0 N–H and O–H groups in total. The van der Waals surface area contributed by atoms with E-state index in [1.165, 1.54) is 0 Å². The molecule has 1 nitrogen and oxygen atoms in total. The van der Waals surface area contributed by atoms with Crippen LogP contribution in [0.3, 0.4) is 0 Å². The molecular formula is C19H26OS. The molecule has 3 aromatic rings. The third-order valence-corrected chi connectivity index (χ3v) is 3.64. The van der Waals surface area contributed by atoms with Gasteiger partial charge < -0.3 is 0 Å². The Labute approximate surface area is 132 Å². The predicted octanol–water partition coefficient (Wildman–Crippen LogP) is 6.49. The van der Waals surface area contributed by atoms with Gasteiger partial charge in [0.2, 0.25) is 0 Å². The normalized spacial score (nSPS) is 8.67. The van der Waals surface area contributed by atoms with Crippen molar-refractivity contribution in [2.75, 3.05) is 0 Å². The first-order valence-electron chi connectivity index (χ1n) is 7.77. The van der Waals surface area contributed by atoms with Gasteiger partial charge in [0.05, 0.1) is 0 Å². The third-order valence-electron chi connectivity index (χ3n) is 2.48. The van der Waals surface area contributed by atoms with Gasteiger partial charge in [-0.15, -0.1) is 11.3 Å². The first kappa shape index (κ1) is 19.3. The highest BCUT2D eigenvalue weighted by Crippen LogP contribution is 2.23. The molecule has 0 aliphatic carbocycles. The Morgan fingerprint density at radius 3 is 1.33 bits per heavy atom. The first-order valence-corrected chi connectivity index (χ1v) is 8.58. The molecule has 0 bridgehead atoms. The zero-order valence-electron chi connectivity index (χ0n) is 13.9. The average molecular weight is 302 g/mol. The van der Waals surface area contributed by atoms with Gasteiger partial charge in [0, 0.05) is 20.2 Å². The van der Waals surface area contributed by atoms with E-state index in [-0.39, 0.29) is 5.43 Å². The number of fused-ring (bicyclic) bond motifs is 2. The number of hydrogen-bond acceptors (Lipinski definition) is 2. The van der Waals surface area contributed by atoms with Crippen molar-refractivity contribution in [1.82, 2.24) is 0 Å². The van der Waals surface area contributed by atoms with E-state index in [2.05, 4.69) is 0 Å². The summed E-state index contributed by atoms with van der Waals surface area (Å²) in [5, 5.41) is 1.64. The van der Waals surface area contributed by atoms with Crippen molar-refractivity contribution in [3.05, 3.63) is 58.8 Å². The lowest BCUT2D eigenvalue weighted by Gasteiger charge is -1.99. The maximum Gasteiger partial charge on any atom is 0.195 e. The topological polar surface area (TPSA) is 17.1 Å². The van der Waals surface area contributed by atoms with Crippen LogP contribution in [-0.2, 0) is 0 Å². The van der Waals surface area contributed by atoms with Gasteiger partial charge in [-0.25, -0.2) is 0 Å². The summed E-state index contributed by atoms with van der Waals surface area (Å²) in [4.78, 5) is 12.1. The van der Waals surface area contributed by atoms with Gasteiger partial charge in [0.1, 0.15) is 0 Å². The van der Waals surface area contributed by atoms with Crippen LogP contribution in [0.25, 0.3) is 20.2 Å². The Morgan fingerprint density at radius 2 is 0.952 bits per heavy atom. The lowest BCUT2D eigenvalue weighted by molar-refractivity contribution is 1.50. The van der Waals surface area contributed by atoms with E-state index < -0.39 is 0 Å². The van der Waals surface area contributed by atoms with Crippen LogP contribution in [-0.4, -0.2) is 0 Å². The minimum absolute atomic E-state index is 0.139. The lowest BCUT2D eigenvalue weighted by Crippen LogP contribution is -1.99. The lowest BCUT2D eigenvalue weighted by atomic mass is 10.2. The summed E-state index contributed by atoms with van der Waals surface area (Å²) in [6.45, 7) is 12.0. The molecule has 2 aromatic carbocycles. The van der Waals surface area contributed by atoms with Crippen LogP contribution in [0.15, 0.2) is 53.3 Å². The molecule has 1 aromatic heterocycles. The fourth-order valence-electron chi connectivity index (χ4n) is 1.75. The molecule has 0 aliphatic heterocycles. The molecule has 0 saturated heterocycles. The van der Waals surface area contributed by atoms with Crippen molar-refractivity contribution in [3.63, 3.8) is 0 Å². The average Bonchev–Trinajstić information content (AvgIpc) is 2.61. The second kappa shape index (κ2) is 11.0. The molecule has 3 rings (SSSR count). The van der Waals surface area contributed by atoms with Crippen LogP contribution < -0.4 is 5.43 Å². The summed E-state index contributed by atoms with van der Waals surface area (Å²) >= 11 is 1.67. The van der Waals surface area contributed by atoms with Crippen molar-refractivity contribution in [3.8, 4) is 0 Å². The monoisotopic (exact) mass is 302 g/mol. The standard InChI is InChI=1S/C13H8OS.3C2H6/c14-13-9-5-1-3-7-11(9)15-12-8-4-2-6-10(12)13;3*1-2/h1-8H;3*1-2H3. The van der Waals surface area contributed by atoms with Crippen molar-refractivity contribution in [2.45, 2.75) is 41.5 Å². The molecule has 0 unspecified atom stereocenters. The molecule has 0 atom stereocenters. The smallest absolute Gasteiger partial charge is 0.195 e. The maximum atomic E-state index is 12.1. The minimum atomic E-state index is 0.139. The van der Waals surface area contributed by atoms with Crippen molar-refractivity contribution < 1.29 is 0 Å². The zero-order chi connectivity index (χ0) is 16.3. The highest BCUT2D eigenvalue weighted by Gasteiger charge is 2.03. The number of rotatable bonds is 0. The second-order valence-electron chi connectivity index (χ2n) is 3.42. The fraction of sp³-hybridized carbons (Fsp3) is 0.316. The largest absolute Gasteiger partial charge is 0.289 e. The highest BCUT2D eigenvalue weighted by atomic mass is 32.1. The summed E-state index contributed by atoms with van der Waals surface area (Å²) in [5.74, 6) is 0. The van der Waals surface area contributed by atoms with Crippen LogP contribution in [0.5, 0.6) is 0 Å². The quantitative estimate of drug-likeness (QED) is 0.433. The molecular weight excluding hydrogens is 276 g/mol. The van der Waals surface area contributed by atoms with Crippen LogP contribution in [0, 0.1) is 0 Å². The van der Waals surface area contributed by atoms with Gasteiger partial charge in [0.15, 0.2) is 5.43 Å². The van der Waals surface area contributed by atoms with E-state index in [9.17, 15) is 4.79 Å². The van der Waals surface area contributed by atoms with E-state index >= 15 is 0 Å². The van der Waals surface area contributed by atoms with Crippen molar-refractivity contribution in [1.29, 1.82) is 0 Å². The Bertz CT molecular complexity index is 641. The van der Waals surface area contributed by atoms with Crippen LogP contribution in [0.1, 0.15) is 41.5 Å².